The summed E-state index contributed by atoms with van der Waals surface area (Å²) in [5.41, 5.74) is 2.89. The van der Waals surface area contributed by atoms with Crippen LogP contribution in [0.3, 0.4) is 0 Å². The van der Waals surface area contributed by atoms with E-state index in [4.69, 9.17) is 0 Å². The van der Waals surface area contributed by atoms with E-state index >= 15 is 0 Å². The third-order valence-corrected chi connectivity index (χ3v) is 3.20. The van der Waals surface area contributed by atoms with Gasteiger partial charge in [-0.05, 0) is 35.4 Å². The van der Waals surface area contributed by atoms with Crippen molar-refractivity contribution < 1.29 is 0 Å². The zero-order valence-electron chi connectivity index (χ0n) is 8.70. The third kappa shape index (κ3) is 2.60. The van der Waals surface area contributed by atoms with Gasteiger partial charge in [0.1, 0.15) is 0 Å². The van der Waals surface area contributed by atoms with Crippen molar-refractivity contribution in [3.05, 3.63) is 58.6 Å². The van der Waals surface area contributed by atoms with Crippen LogP contribution in [-0.4, -0.2) is 0 Å². The maximum Gasteiger partial charge on any atom is 0.00864 e. The lowest BCUT2D eigenvalue weighted by Crippen LogP contribution is -2.05. The molecule has 0 heterocycles. The average molecular weight is 263 g/mol. The largest absolute Gasteiger partial charge is 0.0807 e. The van der Waals surface area contributed by atoms with E-state index in [1.165, 1.54) is 30.4 Å². The molecule has 1 aliphatic rings. The number of allylic oxidation sites excluding steroid dienone is 3. The van der Waals surface area contributed by atoms with Crippen LogP contribution in [0.5, 0.6) is 0 Å². The van der Waals surface area contributed by atoms with E-state index in [1.54, 1.807) is 0 Å². The van der Waals surface area contributed by atoms with Gasteiger partial charge in [-0.1, -0.05) is 58.4 Å². The van der Waals surface area contributed by atoms with Crippen molar-refractivity contribution in [1.82, 2.24) is 0 Å². The molecule has 1 atom stereocenters. The van der Waals surface area contributed by atoms with Crippen LogP contribution in [0.25, 0.3) is 0 Å². The maximum absolute atomic E-state index is 3.36. The molecule has 0 nitrogen and oxygen atoms in total. The first kappa shape index (κ1) is 10.7. The van der Waals surface area contributed by atoms with Crippen molar-refractivity contribution in [1.29, 1.82) is 0 Å². The zero-order valence-corrected chi connectivity index (χ0v) is 10.3. The maximum atomic E-state index is 3.36. The Morgan fingerprint density at radius 3 is 2.73 bits per heavy atom. The van der Waals surface area contributed by atoms with Gasteiger partial charge < -0.3 is 0 Å². The Labute approximate surface area is 99.8 Å². The molecule has 0 N–H and O–H groups in total. The van der Waals surface area contributed by atoms with Crippen LogP contribution in [0.15, 0.2) is 53.0 Å². The minimum absolute atomic E-state index is 0.591. The normalized spacial score (nSPS) is 21.7. The van der Waals surface area contributed by atoms with Crippen LogP contribution in [0.2, 0.25) is 0 Å². The van der Waals surface area contributed by atoms with Gasteiger partial charge in [0.25, 0.3) is 0 Å². The minimum atomic E-state index is 0.591. The lowest BCUT2D eigenvalue weighted by atomic mass is 9.83. The van der Waals surface area contributed by atoms with Crippen LogP contribution < -0.4 is 0 Å². The summed E-state index contributed by atoms with van der Waals surface area (Å²) in [4.78, 5) is 1.96. The van der Waals surface area contributed by atoms with Crippen molar-refractivity contribution in [3.8, 4) is 0 Å². The smallest absolute Gasteiger partial charge is 0.00864 e. The topological polar surface area (TPSA) is 0 Å². The Hall–Kier alpha value is -0.820. The van der Waals surface area contributed by atoms with Gasteiger partial charge in [-0.3, -0.25) is 0 Å². The van der Waals surface area contributed by atoms with Crippen LogP contribution in [0.4, 0.5) is 0 Å². The number of hydrogen-bond donors (Lipinski definition) is 0. The molecule has 0 fully saturated rings. The van der Waals surface area contributed by atoms with Crippen LogP contribution in [0, 0.1) is 0 Å². The van der Waals surface area contributed by atoms with Crippen LogP contribution in [0.1, 0.15) is 30.7 Å². The summed E-state index contributed by atoms with van der Waals surface area (Å²) >= 11 is 3.36. The Morgan fingerprint density at radius 1 is 1.20 bits per heavy atom. The summed E-state index contributed by atoms with van der Waals surface area (Å²) in [5, 5.41) is 0. The highest BCUT2D eigenvalue weighted by molar-refractivity contribution is 9.11. The third-order valence-electron chi connectivity index (χ3n) is 2.94. The summed E-state index contributed by atoms with van der Waals surface area (Å²) in [6.45, 7) is 0. The molecule has 0 aliphatic heterocycles. The molecule has 0 saturated carbocycles. The first-order chi connectivity index (χ1) is 7.42. The number of hydrogen-bond acceptors (Lipinski definition) is 0. The second-order valence-corrected chi connectivity index (χ2v) is 4.42. The Morgan fingerprint density at radius 2 is 2.00 bits per heavy atom. The van der Waals surface area contributed by atoms with Gasteiger partial charge in [0.2, 0.25) is 0 Å². The standard InChI is InChI=1S/C14H15Br/c15-11-10-13-8-4-5-9-14(13)12-6-2-1-3-7-12/h1-3,6-8,10-11,14H,4-5,9H2/b11-10+. The molecule has 1 unspecified atom stereocenters. The Balaban J connectivity index is 2.27. The monoisotopic (exact) mass is 262 g/mol. The molecule has 1 heteroatoms. The van der Waals surface area contributed by atoms with Crippen molar-refractivity contribution in [2.45, 2.75) is 25.2 Å². The molecule has 0 bridgehead atoms. The minimum Gasteiger partial charge on any atom is -0.0807 e. The van der Waals surface area contributed by atoms with E-state index in [0.29, 0.717) is 5.92 Å². The fraction of sp³-hybridized carbons (Fsp3) is 0.286. The molecule has 0 amide bonds. The summed E-state index contributed by atoms with van der Waals surface area (Å²) in [7, 11) is 0. The van der Waals surface area contributed by atoms with Gasteiger partial charge >= 0.3 is 0 Å². The van der Waals surface area contributed by atoms with Gasteiger partial charge in [-0.2, -0.15) is 0 Å². The second kappa shape index (κ2) is 5.32. The summed E-state index contributed by atoms with van der Waals surface area (Å²) in [5.74, 6) is 0.591. The first-order valence-electron chi connectivity index (χ1n) is 5.43. The van der Waals surface area contributed by atoms with E-state index in [0.717, 1.165) is 0 Å². The summed E-state index contributed by atoms with van der Waals surface area (Å²) < 4.78 is 0. The molecule has 1 aliphatic carbocycles. The van der Waals surface area contributed by atoms with Crippen molar-refractivity contribution in [2.75, 3.05) is 0 Å². The highest BCUT2D eigenvalue weighted by Gasteiger charge is 2.17. The SMILES string of the molecule is Br/C=C/C1=CCCCC1c1ccccc1. The van der Waals surface area contributed by atoms with E-state index in [-0.39, 0.29) is 0 Å². The lowest BCUT2D eigenvalue weighted by Gasteiger charge is -2.22. The highest BCUT2D eigenvalue weighted by atomic mass is 79.9. The molecule has 0 saturated heterocycles. The summed E-state index contributed by atoms with van der Waals surface area (Å²) in [6.07, 6.45) is 8.33. The molecule has 0 radical (unpaired) electrons. The zero-order chi connectivity index (χ0) is 10.5. The van der Waals surface area contributed by atoms with Gasteiger partial charge in [0, 0.05) is 5.92 Å². The predicted octanol–water partition coefficient (Wildman–Crippen LogP) is 4.79. The van der Waals surface area contributed by atoms with Crippen molar-refractivity contribution in [3.63, 3.8) is 0 Å². The fourth-order valence-electron chi connectivity index (χ4n) is 2.20. The van der Waals surface area contributed by atoms with Crippen molar-refractivity contribution >= 4 is 15.9 Å². The molecule has 1 aromatic carbocycles. The van der Waals surface area contributed by atoms with Crippen LogP contribution in [-0.2, 0) is 0 Å². The molecule has 0 aromatic heterocycles. The Bertz CT molecular complexity index is 362. The van der Waals surface area contributed by atoms with Crippen LogP contribution >= 0.6 is 15.9 Å². The first-order valence-corrected chi connectivity index (χ1v) is 6.35. The second-order valence-electron chi connectivity index (χ2n) is 3.89. The highest BCUT2D eigenvalue weighted by Crippen LogP contribution is 2.34. The Kier molecular flexibility index (Phi) is 3.79. The van der Waals surface area contributed by atoms with Gasteiger partial charge in [0.05, 0.1) is 0 Å². The number of rotatable bonds is 2. The molecular formula is C14H15Br. The average Bonchev–Trinajstić information content (AvgIpc) is 2.31. The molecule has 0 spiro atoms. The van der Waals surface area contributed by atoms with E-state index in [1.807, 2.05) is 4.99 Å². The molecule has 78 valence electrons. The predicted molar refractivity (Wildman–Crippen MR) is 69.2 cm³/mol. The number of benzene rings is 1. The van der Waals surface area contributed by atoms with Gasteiger partial charge in [-0.25, -0.2) is 0 Å². The molecule has 15 heavy (non-hydrogen) atoms. The lowest BCUT2D eigenvalue weighted by molar-refractivity contribution is 0.634. The van der Waals surface area contributed by atoms with Crippen molar-refractivity contribution in [2.24, 2.45) is 0 Å². The van der Waals surface area contributed by atoms with E-state index in [2.05, 4.69) is 58.4 Å². The fourth-order valence-corrected chi connectivity index (χ4v) is 2.51. The van der Waals surface area contributed by atoms with Gasteiger partial charge in [0.15, 0.2) is 0 Å². The quantitative estimate of drug-likeness (QED) is 0.719. The summed E-state index contributed by atoms with van der Waals surface area (Å²) in [6, 6.07) is 10.8. The molecular weight excluding hydrogens is 248 g/mol. The number of halogens is 1. The van der Waals surface area contributed by atoms with Gasteiger partial charge in [-0.15, -0.1) is 0 Å². The molecule has 2 rings (SSSR count). The molecule has 1 aromatic rings. The van der Waals surface area contributed by atoms with E-state index < -0.39 is 0 Å². The van der Waals surface area contributed by atoms with E-state index in [9.17, 15) is 0 Å².